The number of hydrogen-bond donors (Lipinski definition) is 0. The summed E-state index contributed by atoms with van der Waals surface area (Å²) in [5, 5.41) is 9.30. The van der Waals surface area contributed by atoms with Gasteiger partial charge in [-0.15, -0.1) is 5.10 Å². The van der Waals surface area contributed by atoms with Crippen LogP contribution in [0.15, 0.2) is 78.9 Å². The van der Waals surface area contributed by atoms with Crippen molar-refractivity contribution in [3.8, 4) is 0 Å². The molecule has 2 heterocycles. The molecule has 2 unspecified atom stereocenters. The van der Waals surface area contributed by atoms with Gasteiger partial charge < -0.3 is 4.74 Å². The summed E-state index contributed by atoms with van der Waals surface area (Å²) in [7, 11) is 0. The smallest absolute Gasteiger partial charge is 0.191 e. The van der Waals surface area contributed by atoms with E-state index >= 15 is 0 Å². The van der Waals surface area contributed by atoms with E-state index in [-0.39, 0.29) is 6.23 Å². The number of benzene rings is 3. The summed E-state index contributed by atoms with van der Waals surface area (Å²) in [5.74, 6) is 0. The summed E-state index contributed by atoms with van der Waals surface area (Å²) in [6.45, 7) is 0. The molecule has 1 aromatic heterocycles. The minimum Gasteiger partial charge on any atom is -0.332 e. The maximum atomic E-state index is 6.29. The SMILES string of the molecule is Clc1ccc(C2(c3ccccc3)OC2n2nnc3ccccc32)cc1. The van der Waals surface area contributed by atoms with Crippen molar-refractivity contribution >= 4 is 22.6 Å². The van der Waals surface area contributed by atoms with Gasteiger partial charge in [-0.1, -0.05) is 71.4 Å². The molecule has 4 aromatic rings. The average molecular weight is 348 g/mol. The minimum atomic E-state index is -0.581. The van der Waals surface area contributed by atoms with Crippen molar-refractivity contribution in [1.29, 1.82) is 0 Å². The minimum absolute atomic E-state index is 0.247. The summed E-state index contributed by atoms with van der Waals surface area (Å²) < 4.78 is 8.14. The number of ether oxygens (including phenoxy) is 1. The molecule has 5 heteroatoms. The van der Waals surface area contributed by atoms with Crippen molar-refractivity contribution in [2.45, 2.75) is 11.8 Å². The highest BCUT2D eigenvalue weighted by Gasteiger charge is 2.61. The first-order valence-corrected chi connectivity index (χ1v) is 8.46. The lowest BCUT2D eigenvalue weighted by atomic mass is 9.90. The molecule has 0 spiro atoms. The largest absolute Gasteiger partial charge is 0.332 e. The van der Waals surface area contributed by atoms with E-state index in [4.69, 9.17) is 16.3 Å². The van der Waals surface area contributed by atoms with Crippen LogP contribution in [-0.2, 0) is 10.3 Å². The second kappa shape index (κ2) is 5.41. The fraction of sp³-hybridized carbons (Fsp3) is 0.100. The monoisotopic (exact) mass is 347 g/mol. The van der Waals surface area contributed by atoms with Gasteiger partial charge in [-0.05, 0) is 35.4 Å². The molecular formula is C20H14ClN3O. The number of hydrogen-bond acceptors (Lipinski definition) is 3. The molecule has 1 fully saturated rings. The van der Waals surface area contributed by atoms with E-state index in [1.807, 2.05) is 71.4 Å². The summed E-state index contributed by atoms with van der Waals surface area (Å²) in [4.78, 5) is 0. The first-order valence-electron chi connectivity index (χ1n) is 8.08. The Kier molecular flexibility index (Phi) is 3.17. The number of rotatable bonds is 3. The van der Waals surface area contributed by atoms with Gasteiger partial charge in [0, 0.05) is 5.02 Å². The van der Waals surface area contributed by atoms with Crippen LogP contribution in [0.1, 0.15) is 17.4 Å². The van der Waals surface area contributed by atoms with Gasteiger partial charge in [0.2, 0.25) is 0 Å². The molecule has 0 aliphatic carbocycles. The fourth-order valence-corrected chi connectivity index (χ4v) is 3.52. The molecule has 3 aromatic carbocycles. The van der Waals surface area contributed by atoms with Crippen LogP contribution >= 0.6 is 11.6 Å². The third-order valence-electron chi connectivity index (χ3n) is 4.66. The number of aromatic nitrogens is 3. The number of halogens is 1. The lowest BCUT2D eigenvalue weighted by Crippen LogP contribution is -2.15. The number of nitrogens with zero attached hydrogens (tertiary/aromatic N) is 3. The summed E-state index contributed by atoms with van der Waals surface area (Å²) in [5.41, 5.74) is 3.37. The third kappa shape index (κ3) is 2.18. The molecule has 122 valence electrons. The summed E-state index contributed by atoms with van der Waals surface area (Å²) in [6, 6.07) is 25.9. The highest BCUT2D eigenvalue weighted by Crippen LogP contribution is 2.58. The Hall–Kier alpha value is -2.69. The average Bonchev–Trinajstić information content (AvgIpc) is 3.27. The Balaban J connectivity index is 1.67. The maximum absolute atomic E-state index is 6.29. The van der Waals surface area contributed by atoms with E-state index in [1.54, 1.807) is 0 Å². The predicted octanol–water partition coefficient (Wildman–Crippen LogP) is 4.56. The first kappa shape index (κ1) is 14.6. The van der Waals surface area contributed by atoms with Crippen LogP contribution in [-0.4, -0.2) is 15.0 Å². The Morgan fingerprint density at radius 3 is 2.32 bits per heavy atom. The van der Waals surface area contributed by atoms with Gasteiger partial charge in [-0.2, -0.15) is 0 Å². The van der Waals surface area contributed by atoms with Crippen molar-refractivity contribution < 1.29 is 4.74 Å². The standard InChI is InChI=1S/C20H14ClN3O/c21-16-12-10-15(11-13-16)20(14-6-2-1-3-7-14)19(25-20)24-18-9-5-4-8-17(18)22-23-24/h1-13,19H. The van der Waals surface area contributed by atoms with Crippen molar-refractivity contribution in [3.63, 3.8) is 0 Å². The van der Waals surface area contributed by atoms with Crippen LogP contribution in [0.4, 0.5) is 0 Å². The van der Waals surface area contributed by atoms with Crippen LogP contribution < -0.4 is 0 Å². The molecule has 1 saturated heterocycles. The van der Waals surface area contributed by atoms with E-state index in [9.17, 15) is 0 Å². The summed E-state index contributed by atoms with van der Waals surface area (Å²) >= 11 is 6.07. The van der Waals surface area contributed by atoms with Crippen molar-refractivity contribution in [3.05, 3.63) is 95.0 Å². The van der Waals surface area contributed by atoms with Crippen LogP contribution in [0.3, 0.4) is 0 Å². The predicted molar refractivity (Wildman–Crippen MR) is 96.3 cm³/mol. The first-order chi connectivity index (χ1) is 12.3. The molecular weight excluding hydrogens is 334 g/mol. The molecule has 0 bridgehead atoms. The number of epoxide rings is 1. The van der Waals surface area contributed by atoms with E-state index in [2.05, 4.69) is 22.4 Å². The summed E-state index contributed by atoms with van der Waals surface area (Å²) in [6.07, 6.45) is -0.247. The highest BCUT2D eigenvalue weighted by atomic mass is 35.5. The second-order valence-electron chi connectivity index (χ2n) is 6.10. The Labute approximate surface area is 149 Å². The van der Waals surface area contributed by atoms with E-state index in [1.165, 1.54) is 0 Å². The van der Waals surface area contributed by atoms with Crippen molar-refractivity contribution in [2.75, 3.05) is 0 Å². The van der Waals surface area contributed by atoms with Crippen molar-refractivity contribution in [2.24, 2.45) is 0 Å². The Bertz CT molecular complexity index is 1050. The number of para-hydroxylation sites is 1. The molecule has 0 N–H and O–H groups in total. The van der Waals surface area contributed by atoms with Gasteiger partial charge in [0.1, 0.15) is 5.52 Å². The molecule has 4 nitrogen and oxygen atoms in total. The zero-order valence-electron chi connectivity index (χ0n) is 13.2. The molecule has 0 radical (unpaired) electrons. The zero-order valence-corrected chi connectivity index (χ0v) is 14.0. The molecule has 2 atom stereocenters. The van der Waals surface area contributed by atoms with Gasteiger partial charge in [0.05, 0.1) is 5.52 Å². The fourth-order valence-electron chi connectivity index (χ4n) is 3.40. The van der Waals surface area contributed by atoms with Gasteiger partial charge in [-0.25, -0.2) is 4.68 Å². The van der Waals surface area contributed by atoms with Crippen LogP contribution in [0.2, 0.25) is 5.02 Å². The lowest BCUT2D eigenvalue weighted by molar-refractivity contribution is 0.296. The van der Waals surface area contributed by atoms with Gasteiger partial charge >= 0.3 is 0 Å². The van der Waals surface area contributed by atoms with Crippen LogP contribution in [0.25, 0.3) is 11.0 Å². The zero-order chi connectivity index (χ0) is 16.9. The lowest BCUT2D eigenvalue weighted by Gasteiger charge is -2.14. The van der Waals surface area contributed by atoms with E-state index in [0.717, 1.165) is 22.2 Å². The third-order valence-corrected chi connectivity index (χ3v) is 4.92. The van der Waals surface area contributed by atoms with Gasteiger partial charge in [0.15, 0.2) is 11.8 Å². The maximum Gasteiger partial charge on any atom is 0.191 e. The molecule has 1 aliphatic heterocycles. The highest BCUT2D eigenvalue weighted by molar-refractivity contribution is 6.30. The second-order valence-corrected chi connectivity index (χ2v) is 6.54. The normalized spacial score (nSPS) is 22.2. The molecule has 0 saturated carbocycles. The molecule has 25 heavy (non-hydrogen) atoms. The quantitative estimate of drug-likeness (QED) is 0.510. The Morgan fingerprint density at radius 1 is 0.840 bits per heavy atom. The van der Waals surface area contributed by atoms with Crippen LogP contribution in [0, 0.1) is 0 Å². The van der Waals surface area contributed by atoms with E-state index < -0.39 is 5.60 Å². The molecule has 1 aliphatic rings. The van der Waals surface area contributed by atoms with Gasteiger partial charge in [-0.3, -0.25) is 0 Å². The molecule has 5 rings (SSSR count). The van der Waals surface area contributed by atoms with E-state index in [0.29, 0.717) is 5.02 Å². The van der Waals surface area contributed by atoms with Crippen molar-refractivity contribution in [1.82, 2.24) is 15.0 Å². The van der Waals surface area contributed by atoms with Gasteiger partial charge in [0.25, 0.3) is 0 Å². The topological polar surface area (TPSA) is 43.2 Å². The molecule has 0 amide bonds. The Morgan fingerprint density at radius 2 is 1.52 bits per heavy atom. The van der Waals surface area contributed by atoms with Crippen LogP contribution in [0.5, 0.6) is 0 Å². The number of fused-ring (bicyclic) bond motifs is 1.